The van der Waals surface area contributed by atoms with Crippen molar-refractivity contribution < 1.29 is 4.79 Å². The van der Waals surface area contributed by atoms with Crippen LogP contribution in [0, 0.1) is 12.3 Å². The van der Waals surface area contributed by atoms with Crippen molar-refractivity contribution in [3.8, 4) is 11.1 Å². The lowest BCUT2D eigenvalue weighted by atomic mass is 9.66. The van der Waals surface area contributed by atoms with Gasteiger partial charge in [-0.25, -0.2) is 0 Å². The SMILES string of the molecule is CCC(=O)N1CCC2(CCc3cc(-c4cnc5c(C)cccc5c4)ccc3C2)CC1. The zero-order chi connectivity index (χ0) is 20.7. The van der Waals surface area contributed by atoms with E-state index in [1.165, 1.54) is 39.6 Å². The summed E-state index contributed by atoms with van der Waals surface area (Å²) in [5.74, 6) is 0.310. The van der Waals surface area contributed by atoms with Crippen LogP contribution >= 0.6 is 0 Å². The number of carbonyl (C=O) groups is 1. The molecule has 1 amide bonds. The molecule has 0 unspecified atom stereocenters. The molecule has 154 valence electrons. The first kappa shape index (κ1) is 19.3. The van der Waals surface area contributed by atoms with Crippen LogP contribution in [0.15, 0.2) is 48.7 Å². The molecule has 3 heteroatoms. The third kappa shape index (κ3) is 3.40. The van der Waals surface area contributed by atoms with Crippen molar-refractivity contribution in [3.63, 3.8) is 0 Å². The highest BCUT2D eigenvalue weighted by molar-refractivity contribution is 5.85. The molecule has 1 aliphatic carbocycles. The highest BCUT2D eigenvalue weighted by Gasteiger charge is 2.38. The van der Waals surface area contributed by atoms with E-state index in [0.29, 0.717) is 17.7 Å². The van der Waals surface area contributed by atoms with Gasteiger partial charge in [-0.1, -0.05) is 43.3 Å². The van der Waals surface area contributed by atoms with Crippen molar-refractivity contribution in [2.24, 2.45) is 5.41 Å². The first-order chi connectivity index (χ1) is 14.6. The molecule has 1 aromatic heterocycles. The summed E-state index contributed by atoms with van der Waals surface area (Å²) < 4.78 is 0. The lowest BCUT2D eigenvalue weighted by molar-refractivity contribution is -0.133. The Bertz CT molecular complexity index is 1110. The molecule has 0 saturated carbocycles. The molecule has 30 heavy (non-hydrogen) atoms. The quantitative estimate of drug-likeness (QED) is 0.553. The predicted octanol–water partition coefficient (Wildman–Crippen LogP) is 5.72. The maximum Gasteiger partial charge on any atom is 0.222 e. The number of hydrogen-bond acceptors (Lipinski definition) is 2. The molecule has 0 N–H and O–H groups in total. The maximum atomic E-state index is 12.0. The number of aryl methyl sites for hydroxylation is 2. The molecule has 2 aromatic carbocycles. The summed E-state index contributed by atoms with van der Waals surface area (Å²) in [5.41, 5.74) is 8.17. The molecule has 3 nitrogen and oxygen atoms in total. The number of piperidine rings is 1. The molecule has 1 saturated heterocycles. The molecule has 5 rings (SSSR count). The summed E-state index contributed by atoms with van der Waals surface area (Å²) in [6, 6.07) is 15.6. The van der Waals surface area contributed by atoms with E-state index in [9.17, 15) is 4.79 Å². The third-order valence-electron chi connectivity index (χ3n) is 7.42. The lowest BCUT2D eigenvalue weighted by Crippen LogP contribution is -2.45. The van der Waals surface area contributed by atoms with Crippen LogP contribution < -0.4 is 0 Å². The van der Waals surface area contributed by atoms with Crippen LogP contribution in [0.1, 0.15) is 49.3 Å². The van der Waals surface area contributed by atoms with E-state index in [1.807, 2.05) is 13.1 Å². The van der Waals surface area contributed by atoms with E-state index in [2.05, 4.69) is 54.3 Å². The topological polar surface area (TPSA) is 33.2 Å². The van der Waals surface area contributed by atoms with Crippen molar-refractivity contribution in [2.75, 3.05) is 13.1 Å². The summed E-state index contributed by atoms with van der Waals surface area (Å²) in [4.78, 5) is 18.8. The minimum absolute atomic E-state index is 0.310. The summed E-state index contributed by atoms with van der Waals surface area (Å²) in [6.07, 6.45) is 8.48. The zero-order valence-electron chi connectivity index (χ0n) is 18.1. The highest BCUT2D eigenvalue weighted by Crippen LogP contribution is 2.44. The monoisotopic (exact) mass is 398 g/mol. The van der Waals surface area contributed by atoms with Gasteiger partial charge in [0.25, 0.3) is 0 Å². The minimum atomic E-state index is 0.310. The Morgan fingerprint density at radius 3 is 2.67 bits per heavy atom. The van der Waals surface area contributed by atoms with E-state index < -0.39 is 0 Å². The van der Waals surface area contributed by atoms with Gasteiger partial charge in [-0.3, -0.25) is 9.78 Å². The number of aromatic nitrogens is 1. The predicted molar refractivity (Wildman–Crippen MR) is 122 cm³/mol. The average molecular weight is 399 g/mol. The van der Waals surface area contributed by atoms with E-state index in [4.69, 9.17) is 4.98 Å². The highest BCUT2D eigenvalue weighted by atomic mass is 16.2. The van der Waals surface area contributed by atoms with Crippen LogP contribution in [0.5, 0.6) is 0 Å². The summed E-state index contributed by atoms with van der Waals surface area (Å²) >= 11 is 0. The lowest BCUT2D eigenvalue weighted by Gasteiger charge is -2.45. The number of likely N-dealkylation sites (tertiary alicyclic amines) is 1. The summed E-state index contributed by atoms with van der Waals surface area (Å²) in [7, 11) is 0. The van der Waals surface area contributed by atoms with Gasteiger partial charge in [0.2, 0.25) is 5.91 Å². The number of rotatable bonds is 2. The van der Waals surface area contributed by atoms with Crippen molar-refractivity contribution in [3.05, 3.63) is 65.4 Å². The Labute approximate surface area is 179 Å². The fourth-order valence-electron chi connectivity index (χ4n) is 5.45. The second kappa shape index (κ2) is 7.54. The summed E-state index contributed by atoms with van der Waals surface area (Å²) in [5, 5.41) is 1.21. The molecule has 2 aliphatic rings. The van der Waals surface area contributed by atoms with Crippen LogP contribution in [-0.2, 0) is 17.6 Å². The summed E-state index contributed by atoms with van der Waals surface area (Å²) in [6.45, 7) is 5.95. The van der Waals surface area contributed by atoms with Gasteiger partial charge in [0.1, 0.15) is 0 Å². The molecular weight excluding hydrogens is 368 g/mol. The number of fused-ring (bicyclic) bond motifs is 2. The Kier molecular flexibility index (Phi) is 4.85. The van der Waals surface area contributed by atoms with Crippen LogP contribution in [0.25, 0.3) is 22.0 Å². The first-order valence-electron chi connectivity index (χ1n) is 11.3. The van der Waals surface area contributed by atoms with Crippen molar-refractivity contribution in [1.82, 2.24) is 9.88 Å². The molecule has 0 atom stereocenters. The van der Waals surface area contributed by atoms with Gasteiger partial charge >= 0.3 is 0 Å². The Morgan fingerprint density at radius 1 is 1.03 bits per heavy atom. The number of amides is 1. The molecular formula is C27H30N2O. The molecule has 1 fully saturated rings. The number of nitrogens with zero attached hydrogens (tertiary/aromatic N) is 2. The molecule has 0 radical (unpaired) electrons. The van der Waals surface area contributed by atoms with Crippen LogP contribution in [0.3, 0.4) is 0 Å². The number of para-hydroxylation sites is 1. The fourth-order valence-corrected chi connectivity index (χ4v) is 5.45. The number of carbonyl (C=O) groups excluding carboxylic acids is 1. The first-order valence-corrected chi connectivity index (χ1v) is 11.3. The zero-order valence-corrected chi connectivity index (χ0v) is 18.1. The molecule has 2 heterocycles. The number of hydrogen-bond donors (Lipinski definition) is 0. The van der Waals surface area contributed by atoms with E-state index in [1.54, 1.807) is 0 Å². The standard InChI is InChI=1S/C27H30N2O/c1-3-25(30)29-13-11-27(12-14-29)10-9-21-15-20(7-8-23(21)17-27)24-16-22-6-4-5-19(2)26(22)28-18-24/h4-8,15-16,18H,3,9-14,17H2,1-2H3. The molecule has 0 bridgehead atoms. The number of pyridine rings is 1. The average Bonchev–Trinajstić information content (AvgIpc) is 2.79. The third-order valence-corrected chi connectivity index (χ3v) is 7.42. The maximum absolute atomic E-state index is 12.0. The van der Waals surface area contributed by atoms with Crippen LogP contribution in [-0.4, -0.2) is 28.9 Å². The largest absolute Gasteiger partial charge is 0.343 e. The molecule has 1 spiro atoms. The second-order valence-corrected chi connectivity index (χ2v) is 9.27. The Morgan fingerprint density at radius 2 is 1.87 bits per heavy atom. The van der Waals surface area contributed by atoms with Gasteiger partial charge in [-0.2, -0.15) is 0 Å². The molecule has 1 aliphatic heterocycles. The van der Waals surface area contributed by atoms with Gasteiger partial charge in [0.05, 0.1) is 5.52 Å². The van der Waals surface area contributed by atoms with Gasteiger partial charge in [-0.05, 0) is 72.8 Å². The molecule has 3 aromatic rings. The van der Waals surface area contributed by atoms with Crippen LogP contribution in [0.4, 0.5) is 0 Å². The minimum Gasteiger partial charge on any atom is -0.343 e. The van der Waals surface area contributed by atoms with Gasteiger partial charge in [0, 0.05) is 36.7 Å². The Balaban J connectivity index is 1.37. The van der Waals surface area contributed by atoms with E-state index in [0.717, 1.165) is 44.3 Å². The van der Waals surface area contributed by atoms with Crippen molar-refractivity contribution >= 4 is 16.8 Å². The van der Waals surface area contributed by atoms with E-state index in [-0.39, 0.29) is 0 Å². The Hall–Kier alpha value is -2.68. The van der Waals surface area contributed by atoms with E-state index >= 15 is 0 Å². The van der Waals surface area contributed by atoms with Gasteiger partial charge < -0.3 is 4.90 Å². The van der Waals surface area contributed by atoms with Gasteiger partial charge in [0.15, 0.2) is 0 Å². The van der Waals surface area contributed by atoms with Crippen molar-refractivity contribution in [2.45, 2.75) is 52.4 Å². The van der Waals surface area contributed by atoms with Crippen molar-refractivity contribution in [1.29, 1.82) is 0 Å². The normalized spacial score (nSPS) is 17.9. The van der Waals surface area contributed by atoms with Crippen LogP contribution in [0.2, 0.25) is 0 Å². The second-order valence-electron chi connectivity index (χ2n) is 9.27. The number of benzene rings is 2. The van der Waals surface area contributed by atoms with Gasteiger partial charge in [-0.15, -0.1) is 0 Å². The smallest absolute Gasteiger partial charge is 0.222 e. The fraction of sp³-hybridized carbons (Fsp3) is 0.407.